The van der Waals surface area contributed by atoms with Gasteiger partial charge in [-0.25, -0.2) is 23.1 Å². The number of carbonyl (C=O) groups is 1. The number of halogens is 3. The fraction of sp³-hybridized carbons (Fsp3) is 0.483. The number of nitrogens with one attached hydrogen (secondary N) is 2. The number of aromatic nitrogens is 6. The maximum atomic E-state index is 13.9. The molecule has 11 nitrogen and oxygen atoms in total. The maximum absolute atomic E-state index is 13.9. The van der Waals surface area contributed by atoms with Crippen molar-refractivity contribution in [3.05, 3.63) is 41.9 Å². The van der Waals surface area contributed by atoms with Gasteiger partial charge < -0.3 is 19.9 Å². The number of pyridine rings is 2. The largest absolute Gasteiger partial charge is 0.455 e. The number of alkyl halides is 3. The summed E-state index contributed by atoms with van der Waals surface area (Å²) in [6.45, 7) is 10.6. The first-order valence-corrected chi connectivity index (χ1v) is 14.0. The van der Waals surface area contributed by atoms with Gasteiger partial charge in [0.05, 0.1) is 11.7 Å². The molecule has 2 N–H and O–H groups in total. The van der Waals surface area contributed by atoms with E-state index in [1.54, 1.807) is 24.5 Å². The number of aryl methyl sites for hydroxylation is 2. The number of hydrogen-bond acceptors (Lipinski definition) is 8. The second-order valence-corrected chi connectivity index (χ2v) is 11.9. The fourth-order valence-electron chi connectivity index (χ4n) is 5.37. The van der Waals surface area contributed by atoms with Gasteiger partial charge in [-0.15, -0.1) is 0 Å². The predicted molar refractivity (Wildman–Crippen MR) is 157 cm³/mol. The van der Waals surface area contributed by atoms with Crippen molar-refractivity contribution in [2.45, 2.75) is 65.7 Å². The molecule has 1 aliphatic heterocycles. The van der Waals surface area contributed by atoms with Crippen molar-refractivity contribution >= 4 is 34.7 Å². The van der Waals surface area contributed by atoms with E-state index in [0.29, 0.717) is 54.2 Å². The number of nitrogens with zero attached hydrogens (tertiary/aromatic N) is 7. The van der Waals surface area contributed by atoms with Gasteiger partial charge >= 0.3 is 0 Å². The van der Waals surface area contributed by atoms with Crippen LogP contribution in [0.3, 0.4) is 0 Å². The molecule has 5 rings (SSSR count). The Morgan fingerprint density at radius 2 is 1.95 bits per heavy atom. The van der Waals surface area contributed by atoms with Crippen LogP contribution in [0.25, 0.3) is 11.2 Å². The van der Waals surface area contributed by atoms with E-state index in [0.717, 1.165) is 16.8 Å². The topological polar surface area (TPSA) is 115 Å². The number of anilines is 3. The normalized spacial score (nSPS) is 16.7. The summed E-state index contributed by atoms with van der Waals surface area (Å²) in [5, 5.41) is 10.7. The molecule has 0 spiro atoms. The first-order chi connectivity index (χ1) is 20.3. The summed E-state index contributed by atoms with van der Waals surface area (Å²) in [4.78, 5) is 25.9. The summed E-state index contributed by atoms with van der Waals surface area (Å²) < 4.78 is 49.5. The predicted octanol–water partition coefficient (Wildman–Crippen LogP) is 5.54. The van der Waals surface area contributed by atoms with Crippen molar-refractivity contribution in [2.24, 2.45) is 13.0 Å². The Hall–Kier alpha value is -4.20. The molecule has 230 valence electrons. The van der Waals surface area contributed by atoms with Gasteiger partial charge in [-0.3, -0.25) is 14.4 Å². The van der Waals surface area contributed by atoms with Gasteiger partial charge in [0.15, 0.2) is 17.2 Å². The van der Waals surface area contributed by atoms with Crippen LogP contribution in [0.1, 0.15) is 45.4 Å². The number of hydrogen-bond donors (Lipinski definition) is 2. The standard InChI is InChI=1S/C29H36F3N9O2/c1-16-20(43-19-7-9-33-22(11-19)35-17(2)42)13-34-27-24(16)39(6)28(37-27)36-23-12-21(29(3,4)5)41(38-23)15-18-8-10-40(14-18)26(32)25(30)31/h7,9,11-13,18,25-26H,8,10,14-15H2,1-6H3,(H,33,35,42)(H,34,36,37,38). The lowest BCUT2D eigenvalue weighted by atomic mass is 9.92. The van der Waals surface area contributed by atoms with E-state index in [1.165, 1.54) is 11.8 Å². The van der Waals surface area contributed by atoms with Crippen LogP contribution in [0.2, 0.25) is 0 Å². The van der Waals surface area contributed by atoms with Crippen molar-refractivity contribution in [3.63, 3.8) is 0 Å². The molecule has 1 saturated heterocycles. The van der Waals surface area contributed by atoms with Gasteiger partial charge in [0.25, 0.3) is 6.43 Å². The number of imidazole rings is 1. The highest BCUT2D eigenvalue weighted by molar-refractivity contribution is 5.87. The number of rotatable bonds is 9. The molecule has 1 fully saturated rings. The van der Waals surface area contributed by atoms with Crippen LogP contribution in [-0.2, 0) is 23.8 Å². The molecular weight excluding hydrogens is 563 g/mol. The van der Waals surface area contributed by atoms with Crippen molar-refractivity contribution in [2.75, 3.05) is 23.7 Å². The van der Waals surface area contributed by atoms with Gasteiger partial charge in [-0.05, 0) is 25.3 Å². The Kier molecular flexibility index (Phi) is 8.32. The smallest absolute Gasteiger partial charge is 0.282 e. The second-order valence-electron chi connectivity index (χ2n) is 11.9. The molecule has 0 aliphatic carbocycles. The molecule has 2 atom stereocenters. The molecule has 4 aromatic heterocycles. The lowest BCUT2D eigenvalue weighted by Gasteiger charge is -2.23. The molecule has 0 bridgehead atoms. The lowest BCUT2D eigenvalue weighted by Crippen LogP contribution is -2.35. The van der Waals surface area contributed by atoms with E-state index in [-0.39, 0.29) is 23.8 Å². The summed E-state index contributed by atoms with van der Waals surface area (Å²) in [6, 6.07) is 5.27. The van der Waals surface area contributed by atoms with Gasteiger partial charge in [-0.1, -0.05) is 20.8 Å². The minimum Gasteiger partial charge on any atom is -0.455 e. The molecule has 1 amide bonds. The Labute approximate surface area is 247 Å². The molecule has 1 aliphatic rings. The van der Waals surface area contributed by atoms with Crippen molar-refractivity contribution in [1.29, 1.82) is 0 Å². The Bertz CT molecular complexity index is 1630. The highest BCUT2D eigenvalue weighted by Gasteiger charge is 2.34. The van der Waals surface area contributed by atoms with Crippen LogP contribution in [0.15, 0.2) is 30.6 Å². The van der Waals surface area contributed by atoms with E-state index in [9.17, 15) is 18.0 Å². The van der Waals surface area contributed by atoms with E-state index in [4.69, 9.17) is 9.84 Å². The SMILES string of the molecule is CC(=O)Nc1cc(Oc2cnc3nc(Nc4cc(C(C)(C)C)n(CC5CCN(C(F)C(F)F)C5)n4)n(C)c3c2C)ccn1. The number of fused-ring (bicyclic) bond motifs is 1. The van der Waals surface area contributed by atoms with Gasteiger partial charge in [-0.2, -0.15) is 10.1 Å². The first-order valence-electron chi connectivity index (χ1n) is 14.0. The van der Waals surface area contributed by atoms with Crippen LogP contribution in [-0.4, -0.2) is 65.9 Å². The second kappa shape index (κ2) is 11.8. The maximum Gasteiger partial charge on any atom is 0.282 e. The Morgan fingerprint density at radius 1 is 1.19 bits per heavy atom. The van der Waals surface area contributed by atoms with Crippen LogP contribution in [0.5, 0.6) is 11.5 Å². The van der Waals surface area contributed by atoms with Crippen molar-refractivity contribution in [1.82, 2.24) is 34.2 Å². The highest BCUT2D eigenvalue weighted by Crippen LogP contribution is 2.33. The summed E-state index contributed by atoms with van der Waals surface area (Å²) in [5.74, 6) is 2.26. The number of carbonyl (C=O) groups excluding carboxylic acids is 1. The van der Waals surface area contributed by atoms with Crippen LogP contribution >= 0.6 is 0 Å². The third-order valence-electron chi connectivity index (χ3n) is 7.46. The molecule has 14 heteroatoms. The molecule has 5 heterocycles. The molecule has 0 radical (unpaired) electrons. The monoisotopic (exact) mass is 599 g/mol. The highest BCUT2D eigenvalue weighted by atomic mass is 19.3. The van der Waals surface area contributed by atoms with Crippen molar-refractivity contribution in [3.8, 4) is 11.5 Å². The first kappa shape index (κ1) is 30.3. The average Bonchev–Trinajstić information content (AvgIpc) is 3.63. The summed E-state index contributed by atoms with van der Waals surface area (Å²) in [7, 11) is 1.86. The van der Waals surface area contributed by atoms with E-state index in [1.807, 2.05) is 29.3 Å². The van der Waals surface area contributed by atoms with E-state index in [2.05, 4.69) is 46.4 Å². The molecule has 0 aromatic carbocycles. The third kappa shape index (κ3) is 6.58. The fourth-order valence-corrected chi connectivity index (χ4v) is 5.37. The van der Waals surface area contributed by atoms with Crippen LogP contribution in [0, 0.1) is 12.8 Å². The number of likely N-dealkylation sites (tertiary alicyclic amines) is 1. The zero-order chi connectivity index (χ0) is 31.1. The minimum atomic E-state index is -3.02. The Morgan fingerprint density at radius 3 is 2.65 bits per heavy atom. The third-order valence-corrected chi connectivity index (χ3v) is 7.46. The van der Waals surface area contributed by atoms with Crippen LogP contribution in [0.4, 0.5) is 30.8 Å². The molecule has 43 heavy (non-hydrogen) atoms. The summed E-state index contributed by atoms with van der Waals surface area (Å²) >= 11 is 0. The zero-order valence-electron chi connectivity index (χ0n) is 25.0. The number of ether oxygens (including phenoxy) is 1. The van der Waals surface area contributed by atoms with Gasteiger partial charge in [0, 0.05) is 68.6 Å². The van der Waals surface area contributed by atoms with Gasteiger partial charge in [0.2, 0.25) is 18.2 Å². The molecular formula is C29H36F3N9O2. The summed E-state index contributed by atoms with van der Waals surface area (Å²) in [6.07, 6.45) is -1.50. The van der Waals surface area contributed by atoms with Gasteiger partial charge in [0.1, 0.15) is 11.6 Å². The molecule has 2 unspecified atom stereocenters. The summed E-state index contributed by atoms with van der Waals surface area (Å²) in [5.41, 5.74) is 2.80. The molecule has 4 aromatic rings. The lowest BCUT2D eigenvalue weighted by molar-refractivity contribution is -0.114. The average molecular weight is 600 g/mol. The van der Waals surface area contributed by atoms with E-state index < -0.39 is 12.7 Å². The Balaban J connectivity index is 1.37. The quantitative estimate of drug-likeness (QED) is 0.241. The van der Waals surface area contributed by atoms with E-state index >= 15 is 0 Å². The zero-order valence-corrected chi connectivity index (χ0v) is 25.0. The molecule has 0 saturated carbocycles. The number of amides is 1. The van der Waals surface area contributed by atoms with Crippen LogP contribution < -0.4 is 15.4 Å². The van der Waals surface area contributed by atoms with Crippen molar-refractivity contribution < 1.29 is 22.7 Å². The minimum absolute atomic E-state index is 0.00147.